The molecule has 0 aromatic heterocycles. The Kier molecular flexibility index (Phi) is 13.3. The van der Waals surface area contributed by atoms with Crippen LogP contribution in [0.15, 0.2) is 0 Å². The molecule has 0 spiro atoms. The molecule has 2 unspecified atom stereocenters. The summed E-state index contributed by atoms with van der Waals surface area (Å²) in [5, 5.41) is 15.2. The third kappa shape index (κ3) is 13.1. The highest BCUT2D eigenvalue weighted by atomic mass is 16.3. The lowest BCUT2D eigenvalue weighted by Gasteiger charge is -2.24. The number of nitrogens with zero attached hydrogens (tertiary/aromatic N) is 1. The minimum absolute atomic E-state index is 0.0915. The first-order valence-electron chi connectivity index (χ1n) is 11.3. The molecule has 8 heteroatoms. The zero-order chi connectivity index (χ0) is 24.2. The third-order valence-corrected chi connectivity index (χ3v) is 5.35. The van der Waals surface area contributed by atoms with Crippen LogP contribution >= 0.6 is 0 Å². The Balaban J connectivity index is 4.34. The highest BCUT2D eigenvalue weighted by Gasteiger charge is 2.25. The Morgan fingerprint density at radius 3 is 2.10 bits per heavy atom. The molecule has 31 heavy (non-hydrogen) atoms. The molecule has 0 aliphatic rings. The Hall–Kier alpha value is -1.96. The molecule has 0 heterocycles. The average molecular weight is 442 g/mol. The van der Waals surface area contributed by atoms with Gasteiger partial charge in [0, 0.05) is 25.9 Å². The summed E-state index contributed by atoms with van der Waals surface area (Å²) < 4.78 is 0. The number of rotatable bonds is 15. The molecule has 3 N–H and O–H groups in total. The Labute approximate surface area is 187 Å². The standard InChI is InChI=1S/C23H43N3O5/c1-16(2)18(5)13-20(29)26(15-27)12-10-8-9-11-19(28)25-21(17(3)4)22(30)24-14-23(6,7)31/h15-18,21,31H,8-14H2,1-7H3,(H,24,30)(H,25,28). The Morgan fingerprint density at radius 1 is 1.00 bits per heavy atom. The van der Waals surface area contributed by atoms with Crippen LogP contribution in [-0.4, -0.2) is 58.9 Å². The summed E-state index contributed by atoms with van der Waals surface area (Å²) in [7, 11) is 0. The van der Waals surface area contributed by atoms with E-state index in [0.29, 0.717) is 44.6 Å². The van der Waals surface area contributed by atoms with Crippen LogP contribution in [0.2, 0.25) is 0 Å². The quantitative estimate of drug-likeness (QED) is 0.266. The zero-order valence-corrected chi connectivity index (χ0v) is 20.4. The van der Waals surface area contributed by atoms with E-state index in [9.17, 15) is 24.3 Å². The lowest BCUT2D eigenvalue weighted by molar-refractivity contribution is -0.139. The fourth-order valence-corrected chi connectivity index (χ4v) is 2.80. The molecule has 4 amide bonds. The fraction of sp³-hybridized carbons (Fsp3) is 0.826. The molecule has 0 aliphatic carbocycles. The number of unbranched alkanes of at least 4 members (excludes halogenated alkanes) is 2. The van der Waals surface area contributed by atoms with E-state index >= 15 is 0 Å². The van der Waals surface area contributed by atoms with Gasteiger partial charge in [-0.2, -0.15) is 0 Å². The summed E-state index contributed by atoms with van der Waals surface area (Å²) in [5.41, 5.74) is -1.02. The summed E-state index contributed by atoms with van der Waals surface area (Å²) >= 11 is 0. The Bertz CT molecular complexity index is 584. The minimum Gasteiger partial charge on any atom is -0.389 e. The molecular formula is C23H43N3O5. The molecule has 0 radical (unpaired) electrons. The van der Waals surface area contributed by atoms with Gasteiger partial charge < -0.3 is 15.7 Å². The first kappa shape index (κ1) is 29.0. The van der Waals surface area contributed by atoms with Crippen molar-refractivity contribution < 1.29 is 24.3 Å². The zero-order valence-electron chi connectivity index (χ0n) is 20.4. The second-order valence-electron chi connectivity index (χ2n) is 9.75. The molecule has 0 aromatic rings. The van der Waals surface area contributed by atoms with Gasteiger partial charge in [0.15, 0.2) is 0 Å². The SMILES string of the molecule is CC(C)C(C)CC(=O)N(C=O)CCCCCC(=O)NC(C(=O)NCC(C)(C)O)C(C)C. The molecule has 0 bridgehead atoms. The molecule has 180 valence electrons. The van der Waals surface area contributed by atoms with Gasteiger partial charge in [0.1, 0.15) is 6.04 Å². The van der Waals surface area contributed by atoms with Gasteiger partial charge in [0.05, 0.1) is 5.60 Å². The number of hydrogen-bond donors (Lipinski definition) is 3. The summed E-state index contributed by atoms with van der Waals surface area (Å²) in [4.78, 5) is 49.2. The molecule has 8 nitrogen and oxygen atoms in total. The van der Waals surface area contributed by atoms with Crippen LogP contribution in [0.5, 0.6) is 0 Å². The third-order valence-electron chi connectivity index (χ3n) is 5.35. The van der Waals surface area contributed by atoms with Crippen LogP contribution in [0, 0.1) is 17.8 Å². The van der Waals surface area contributed by atoms with E-state index in [0.717, 1.165) is 0 Å². The van der Waals surface area contributed by atoms with Gasteiger partial charge in [-0.15, -0.1) is 0 Å². The lowest BCUT2D eigenvalue weighted by Crippen LogP contribution is -2.52. The van der Waals surface area contributed by atoms with E-state index < -0.39 is 11.6 Å². The second-order valence-corrected chi connectivity index (χ2v) is 9.75. The summed E-state index contributed by atoms with van der Waals surface area (Å²) in [6.07, 6.45) is 3.13. The lowest BCUT2D eigenvalue weighted by atomic mass is 9.94. The number of hydrogen-bond acceptors (Lipinski definition) is 5. The predicted molar refractivity (Wildman–Crippen MR) is 121 cm³/mol. The first-order chi connectivity index (χ1) is 14.3. The van der Waals surface area contributed by atoms with E-state index in [2.05, 4.69) is 24.5 Å². The topological polar surface area (TPSA) is 116 Å². The Morgan fingerprint density at radius 2 is 1.61 bits per heavy atom. The number of nitrogens with one attached hydrogen (secondary N) is 2. The fourth-order valence-electron chi connectivity index (χ4n) is 2.80. The summed E-state index contributed by atoms with van der Waals surface area (Å²) in [6, 6.07) is -0.666. The molecule has 0 saturated heterocycles. The number of amides is 4. The predicted octanol–water partition coefficient (Wildman–Crippen LogP) is 2.24. The molecule has 2 atom stereocenters. The maximum absolute atomic E-state index is 12.3. The van der Waals surface area contributed by atoms with Crippen molar-refractivity contribution >= 4 is 24.1 Å². The van der Waals surface area contributed by atoms with Gasteiger partial charge in [0.25, 0.3) is 0 Å². The maximum atomic E-state index is 12.3. The van der Waals surface area contributed by atoms with E-state index in [4.69, 9.17) is 0 Å². The van der Waals surface area contributed by atoms with Gasteiger partial charge in [-0.25, -0.2) is 0 Å². The van der Waals surface area contributed by atoms with Crippen LogP contribution in [0.3, 0.4) is 0 Å². The van der Waals surface area contributed by atoms with Crippen molar-refractivity contribution in [3.63, 3.8) is 0 Å². The van der Waals surface area contributed by atoms with Crippen LogP contribution in [0.4, 0.5) is 0 Å². The molecule has 0 rings (SSSR count). The van der Waals surface area contributed by atoms with Crippen LogP contribution in [0.25, 0.3) is 0 Å². The number of aliphatic hydroxyl groups is 1. The van der Waals surface area contributed by atoms with E-state index in [-0.39, 0.29) is 42.5 Å². The first-order valence-corrected chi connectivity index (χ1v) is 11.3. The number of imide groups is 1. The highest BCUT2D eigenvalue weighted by molar-refractivity contribution is 5.88. The normalized spacial score (nSPS) is 13.6. The number of carbonyl (C=O) groups is 4. The van der Waals surface area contributed by atoms with Crippen molar-refractivity contribution in [3.05, 3.63) is 0 Å². The van der Waals surface area contributed by atoms with E-state index in [1.165, 1.54) is 4.90 Å². The summed E-state index contributed by atoms with van der Waals surface area (Å²) in [6.45, 7) is 13.4. The largest absolute Gasteiger partial charge is 0.389 e. The van der Waals surface area contributed by atoms with Crippen molar-refractivity contribution in [1.82, 2.24) is 15.5 Å². The van der Waals surface area contributed by atoms with Crippen molar-refractivity contribution in [2.75, 3.05) is 13.1 Å². The monoisotopic (exact) mass is 441 g/mol. The molecular weight excluding hydrogens is 398 g/mol. The van der Waals surface area contributed by atoms with E-state index in [1.807, 2.05) is 20.8 Å². The smallest absolute Gasteiger partial charge is 0.242 e. The van der Waals surface area contributed by atoms with Gasteiger partial charge >= 0.3 is 0 Å². The molecule has 0 aliphatic heterocycles. The second kappa shape index (κ2) is 14.2. The van der Waals surface area contributed by atoms with Gasteiger partial charge in [-0.05, 0) is 44.4 Å². The van der Waals surface area contributed by atoms with Crippen molar-refractivity contribution in [2.24, 2.45) is 17.8 Å². The highest BCUT2D eigenvalue weighted by Crippen LogP contribution is 2.15. The van der Waals surface area contributed by atoms with Crippen LogP contribution in [-0.2, 0) is 19.2 Å². The van der Waals surface area contributed by atoms with Crippen molar-refractivity contribution in [1.29, 1.82) is 0 Å². The molecule has 0 fully saturated rings. The van der Waals surface area contributed by atoms with Gasteiger partial charge in [0.2, 0.25) is 24.1 Å². The molecule has 0 saturated carbocycles. The van der Waals surface area contributed by atoms with Gasteiger partial charge in [-0.1, -0.05) is 41.0 Å². The van der Waals surface area contributed by atoms with Gasteiger partial charge in [-0.3, -0.25) is 24.1 Å². The minimum atomic E-state index is -1.02. The van der Waals surface area contributed by atoms with E-state index in [1.54, 1.807) is 13.8 Å². The number of carbonyl (C=O) groups excluding carboxylic acids is 4. The maximum Gasteiger partial charge on any atom is 0.242 e. The van der Waals surface area contributed by atoms with Crippen molar-refractivity contribution in [3.8, 4) is 0 Å². The molecule has 0 aromatic carbocycles. The summed E-state index contributed by atoms with van der Waals surface area (Å²) in [5.74, 6) is -0.194. The van der Waals surface area contributed by atoms with Crippen molar-refractivity contribution in [2.45, 2.75) is 92.2 Å². The average Bonchev–Trinajstić information content (AvgIpc) is 2.65. The van der Waals surface area contributed by atoms with Crippen LogP contribution < -0.4 is 10.6 Å². The van der Waals surface area contributed by atoms with Crippen LogP contribution in [0.1, 0.15) is 80.6 Å².